The van der Waals surface area contributed by atoms with Crippen molar-refractivity contribution < 1.29 is 14.6 Å². The van der Waals surface area contributed by atoms with E-state index < -0.39 is 6.16 Å². The molecule has 3 nitrogen and oxygen atoms in total. The second-order valence-electron chi connectivity index (χ2n) is 8.25. The summed E-state index contributed by atoms with van der Waals surface area (Å²) in [6.07, 6.45) is 4.57. The van der Waals surface area contributed by atoms with Gasteiger partial charge in [0.2, 0.25) is 0 Å². The lowest BCUT2D eigenvalue weighted by molar-refractivity contribution is 0.143. The fourth-order valence-corrected chi connectivity index (χ4v) is 3.94. The van der Waals surface area contributed by atoms with Crippen LogP contribution in [-0.4, -0.2) is 11.3 Å². The van der Waals surface area contributed by atoms with E-state index in [-0.39, 0.29) is 5.41 Å². The van der Waals surface area contributed by atoms with E-state index >= 15 is 0 Å². The van der Waals surface area contributed by atoms with Gasteiger partial charge < -0.3 is 9.84 Å². The Bertz CT molecular complexity index is 763. The number of carbonyl (C=O) groups is 1. The van der Waals surface area contributed by atoms with Crippen LogP contribution in [0.1, 0.15) is 69.9 Å². The summed E-state index contributed by atoms with van der Waals surface area (Å²) in [6, 6.07) is 14.4. The Morgan fingerprint density at radius 2 is 1.65 bits per heavy atom. The summed E-state index contributed by atoms with van der Waals surface area (Å²) in [4.78, 5) is 11.2. The average molecular weight is 352 g/mol. The molecule has 3 rings (SSSR count). The van der Waals surface area contributed by atoms with E-state index in [9.17, 15) is 4.79 Å². The van der Waals surface area contributed by atoms with Gasteiger partial charge in [-0.25, -0.2) is 4.79 Å². The molecule has 26 heavy (non-hydrogen) atoms. The molecular formula is C23H28O3. The second kappa shape index (κ2) is 7.53. The zero-order chi connectivity index (χ0) is 18.7. The van der Waals surface area contributed by atoms with Gasteiger partial charge in [-0.3, -0.25) is 0 Å². The van der Waals surface area contributed by atoms with E-state index in [1.807, 2.05) is 6.07 Å². The summed E-state index contributed by atoms with van der Waals surface area (Å²) >= 11 is 0. The Hall–Kier alpha value is -2.29. The fraction of sp³-hybridized carbons (Fsp3) is 0.435. The molecule has 1 saturated carbocycles. The van der Waals surface area contributed by atoms with Crippen molar-refractivity contribution in [1.82, 2.24) is 0 Å². The van der Waals surface area contributed by atoms with Crippen molar-refractivity contribution in [2.45, 2.75) is 64.2 Å². The van der Waals surface area contributed by atoms with Crippen LogP contribution in [0.15, 0.2) is 42.5 Å². The predicted molar refractivity (Wildman–Crippen MR) is 105 cm³/mol. The van der Waals surface area contributed by atoms with Crippen LogP contribution in [0.5, 0.6) is 5.75 Å². The molecule has 0 saturated heterocycles. The summed E-state index contributed by atoms with van der Waals surface area (Å²) in [7, 11) is 0. The molecule has 0 bridgehead atoms. The van der Waals surface area contributed by atoms with E-state index in [1.54, 1.807) is 6.07 Å². The number of hydrogen-bond donors (Lipinski definition) is 1. The van der Waals surface area contributed by atoms with Gasteiger partial charge in [-0.05, 0) is 46.9 Å². The van der Waals surface area contributed by atoms with Crippen LogP contribution in [0.4, 0.5) is 4.79 Å². The summed E-state index contributed by atoms with van der Waals surface area (Å²) in [6.45, 7) is 6.62. The van der Waals surface area contributed by atoms with Crippen LogP contribution in [0.25, 0.3) is 11.1 Å². The number of carboxylic acid groups (broad SMARTS) is 1. The van der Waals surface area contributed by atoms with E-state index in [0.717, 1.165) is 29.5 Å². The molecular weight excluding hydrogens is 324 g/mol. The zero-order valence-electron chi connectivity index (χ0n) is 15.9. The van der Waals surface area contributed by atoms with Gasteiger partial charge in [0.15, 0.2) is 0 Å². The molecule has 3 heteroatoms. The summed E-state index contributed by atoms with van der Waals surface area (Å²) in [5, 5.41) is 9.15. The third-order valence-corrected chi connectivity index (χ3v) is 5.34. The lowest BCUT2D eigenvalue weighted by Crippen LogP contribution is -2.12. The van der Waals surface area contributed by atoms with Crippen LogP contribution >= 0.6 is 0 Å². The molecule has 1 N–H and O–H groups in total. The van der Waals surface area contributed by atoms with Crippen molar-refractivity contribution in [3.63, 3.8) is 0 Å². The van der Waals surface area contributed by atoms with Crippen molar-refractivity contribution in [3.05, 3.63) is 53.6 Å². The minimum Gasteiger partial charge on any atom is -0.449 e. The molecule has 1 fully saturated rings. The normalized spacial score (nSPS) is 15.7. The largest absolute Gasteiger partial charge is 0.511 e. The van der Waals surface area contributed by atoms with Gasteiger partial charge >= 0.3 is 6.16 Å². The average Bonchev–Trinajstić information content (AvgIpc) is 2.61. The molecule has 0 radical (unpaired) electrons. The van der Waals surface area contributed by atoms with Gasteiger partial charge in [-0.15, -0.1) is 0 Å². The third-order valence-electron chi connectivity index (χ3n) is 5.34. The Kier molecular flexibility index (Phi) is 5.36. The van der Waals surface area contributed by atoms with Gasteiger partial charge in [-0.1, -0.05) is 76.4 Å². The fourth-order valence-electron chi connectivity index (χ4n) is 3.94. The Morgan fingerprint density at radius 1 is 1.00 bits per heavy atom. The van der Waals surface area contributed by atoms with E-state index in [2.05, 4.69) is 51.1 Å². The highest BCUT2D eigenvalue weighted by Gasteiger charge is 2.24. The first-order valence-corrected chi connectivity index (χ1v) is 9.51. The van der Waals surface area contributed by atoms with Gasteiger partial charge in [0.05, 0.1) is 0 Å². The standard InChI is InChI=1S/C23H28O3/c1-23(2,3)18-14-12-16(13-15-18)19-10-7-11-20(26-22(24)25)21(19)17-8-5-4-6-9-17/h7,10-15,17H,4-6,8-9H2,1-3H3,(H,24,25). The maximum Gasteiger partial charge on any atom is 0.511 e. The van der Waals surface area contributed by atoms with Gasteiger partial charge in [0, 0.05) is 5.56 Å². The Labute approximate surface area is 156 Å². The second-order valence-corrected chi connectivity index (χ2v) is 8.25. The molecule has 1 aliphatic carbocycles. The Morgan fingerprint density at radius 3 is 2.23 bits per heavy atom. The van der Waals surface area contributed by atoms with Crippen LogP contribution in [0.2, 0.25) is 0 Å². The maximum atomic E-state index is 11.2. The quantitative estimate of drug-likeness (QED) is 0.490. The summed E-state index contributed by atoms with van der Waals surface area (Å²) in [5.41, 5.74) is 4.67. The van der Waals surface area contributed by atoms with Crippen LogP contribution in [-0.2, 0) is 5.41 Å². The minimum absolute atomic E-state index is 0.110. The number of hydrogen-bond acceptors (Lipinski definition) is 2. The van der Waals surface area contributed by atoms with Crippen LogP contribution < -0.4 is 4.74 Å². The predicted octanol–water partition coefficient (Wildman–Crippen LogP) is 6.76. The first-order chi connectivity index (χ1) is 12.4. The highest BCUT2D eigenvalue weighted by molar-refractivity contribution is 5.73. The molecule has 0 unspecified atom stereocenters. The van der Waals surface area contributed by atoms with Crippen LogP contribution in [0.3, 0.4) is 0 Å². The van der Waals surface area contributed by atoms with Gasteiger partial charge in [-0.2, -0.15) is 0 Å². The molecule has 2 aromatic carbocycles. The Balaban J connectivity index is 2.06. The third kappa shape index (κ3) is 4.09. The summed E-state index contributed by atoms with van der Waals surface area (Å²) in [5.74, 6) is 0.846. The van der Waals surface area contributed by atoms with Gasteiger partial charge in [0.25, 0.3) is 0 Å². The lowest BCUT2D eigenvalue weighted by Gasteiger charge is -2.26. The highest BCUT2D eigenvalue weighted by Crippen LogP contribution is 2.43. The number of benzene rings is 2. The lowest BCUT2D eigenvalue weighted by atomic mass is 9.79. The van der Waals surface area contributed by atoms with Crippen molar-refractivity contribution in [2.24, 2.45) is 0 Å². The van der Waals surface area contributed by atoms with Crippen molar-refractivity contribution >= 4 is 6.16 Å². The summed E-state index contributed by atoms with van der Waals surface area (Å²) < 4.78 is 5.16. The topological polar surface area (TPSA) is 46.5 Å². The molecule has 0 heterocycles. The molecule has 1 aliphatic rings. The van der Waals surface area contributed by atoms with Crippen molar-refractivity contribution in [1.29, 1.82) is 0 Å². The van der Waals surface area contributed by atoms with E-state index in [0.29, 0.717) is 11.7 Å². The first kappa shape index (κ1) is 18.5. The molecule has 0 aromatic heterocycles. The molecule has 2 aromatic rings. The van der Waals surface area contributed by atoms with Crippen LogP contribution in [0, 0.1) is 0 Å². The number of ether oxygens (including phenoxy) is 1. The first-order valence-electron chi connectivity index (χ1n) is 9.51. The molecule has 0 amide bonds. The monoisotopic (exact) mass is 352 g/mol. The molecule has 0 aliphatic heterocycles. The van der Waals surface area contributed by atoms with E-state index in [1.165, 1.54) is 24.8 Å². The van der Waals surface area contributed by atoms with Crippen molar-refractivity contribution in [3.8, 4) is 16.9 Å². The smallest absolute Gasteiger partial charge is 0.449 e. The number of rotatable bonds is 3. The SMILES string of the molecule is CC(C)(C)c1ccc(-c2cccc(OC(=O)O)c2C2CCCCC2)cc1. The zero-order valence-corrected chi connectivity index (χ0v) is 15.9. The molecule has 0 atom stereocenters. The maximum absolute atomic E-state index is 11.2. The molecule has 138 valence electrons. The highest BCUT2D eigenvalue weighted by atomic mass is 16.7. The minimum atomic E-state index is -1.25. The van der Waals surface area contributed by atoms with Gasteiger partial charge in [0.1, 0.15) is 5.75 Å². The van der Waals surface area contributed by atoms with Crippen molar-refractivity contribution in [2.75, 3.05) is 0 Å². The van der Waals surface area contributed by atoms with E-state index in [4.69, 9.17) is 9.84 Å². The molecule has 0 spiro atoms.